The molecule has 32 heavy (non-hydrogen) atoms. The number of benzene rings is 2. The Morgan fingerprint density at radius 1 is 1.22 bits per heavy atom. The van der Waals surface area contributed by atoms with Crippen LogP contribution < -0.4 is 15.4 Å². The first-order chi connectivity index (χ1) is 15.2. The fraction of sp³-hybridized carbons (Fsp3) is 0.273. The third-order valence-corrected chi connectivity index (χ3v) is 5.61. The Balaban J connectivity index is 1.62. The Hall–Kier alpha value is -3.20. The van der Waals surface area contributed by atoms with E-state index in [9.17, 15) is 18.0 Å². The lowest BCUT2D eigenvalue weighted by molar-refractivity contribution is -0.173. The molecule has 1 aromatic heterocycles. The Morgan fingerprint density at radius 3 is 2.56 bits per heavy atom. The van der Waals surface area contributed by atoms with Gasteiger partial charge < -0.3 is 15.4 Å². The van der Waals surface area contributed by atoms with E-state index in [2.05, 4.69) is 15.7 Å². The zero-order chi connectivity index (χ0) is 23.0. The van der Waals surface area contributed by atoms with E-state index in [-0.39, 0.29) is 23.0 Å². The van der Waals surface area contributed by atoms with Crippen LogP contribution in [0.2, 0.25) is 5.02 Å². The number of carbonyl (C=O) groups is 1. The summed E-state index contributed by atoms with van der Waals surface area (Å²) in [5.41, 5.74) is 1.97. The van der Waals surface area contributed by atoms with Crippen molar-refractivity contribution in [2.75, 3.05) is 17.7 Å². The zero-order valence-electron chi connectivity index (χ0n) is 17.2. The molecule has 3 aromatic rings. The summed E-state index contributed by atoms with van der Waals surface area (Å²) in [7, 11) is 1.46. The van der Waals surface area contributed by atoms with Crippen LogP contribution in [0.25, 0.3) is 0 Å². The van der Waals surface area contributed by atoms with Gasteiger partial charge in [0.2, 0.25) is 0 Å². The minimum atomic E-state index is -4.52. The number of halogens is 4. The molecule has 0 saturated carbocycles. The lowest BCUT2D eigenvalue weighted by Crippen LogP contribution is -2.35. The summed E-state index contributed by atoms with van der Waals surface area (Å²) >= 11 is 6.06. The van der Waals surface area contributed by atoms with Crippen LogP contribution in [0.1, 0.15) is 40.1 Å². The molecule has 2 N–H and O–H groups in total. The van der Waals surface area contributed by atoms with E-state index in [4.69, 9.17) is 16.3 Å². The Morgan fingerprint density at radius 2 is 1.94 bits per heavy atom. The third-order valence-electron chi connectivity index (χ3n) is 5.31. The number of anilines is 2. The number of aryl methyl sites for hydroxylation is 1. The van der Waals surface area contributed by atoms with E-state index >= 15 is 0 Å². The number of aromatic nitrogens is 2. The highest BCUT2D eigenvalue weighted by Crippen LogP contribution is 2.43. The molecule has 1 aliphatic rings. The fourth-order valence-electron chi connectivity index (χ4n) is 3.64. The number of alkyl halides is 3. The first kappa shape index (κ1) is 22.0. The van der Waals surface area contributed by atoms with Crippen molar-refractivity contribution in [3.8, 4) is 5.75 Å². The van der Waals surface area contributed by atoms with Crippen molar-refractivity contribution in [3.05, 3.63) is 70.4 Å². The van der Waals surface area contributed by atoms with Gasteiger partial charge in [0.25, 0.3) is 5.91 Å². The normalized spacial score (nSPS) is 17.9. The van der Waals surface area contributed by atoms with Crippen LogP contribution in [-0.2, 0) is 0 Å². The van der Waals surface area contributed by atoms with Gasteiger partial charge in [0.05, 0.1) is 18.2 Å². The smallest absolute Gasteiger partial charge is 0.410 e. The molecule has 6 nitrogen and oxygen atoms in total. The van der Waals surface area contributed by atoms with E-state index in [1.807, 2.05) is 19.1 Å². The first-order valence-corrected chi connectivity index (χ1v) is 10.2. The van der Waals surface area contributed by atoms with Gasteiger partial charge in [-0.2, -0.15) is 18.3 Å². The molecule has 0 fully saturated rings. The van der Waals surface area contributed by atoms with Crippen LogP contribution in [-0.4, -0.2) is 29.0 Å². The molecular weight excluding hydrogens is 445 g/mol. The van der Waals surface area contributed by atoms with Gasteiger partial charge >= 0.3 is 6.18 Å². The molecule has 0 aliphatic carbocycles. The second kappa shape index (κ2) is 8.38. The summed E-state index contributed by atoms with van der Waals surface area (Å²) < 4.78 is 47.4. The number of nitrogens with one attached hydrogen (secondary N) is 2. The van der Waals surface area contributed by atoms with Crippen molar-refractivity contribution < 1.29 is 22.7 Å². The topological polar surface area (TPSA) is 68.2 Å². The number of methoxy groups -OCH3 is 1. The van der Waals surface area contributed by atoms with Crippen LogP contribution in [0.15, 0.2) is 48.5 Å². The zero-order valence-corrected chi connectivity index (χ0v) is 18.0. The Bertz CT molecular complexity index is 1150. The maximum Gasteiger partial charge on any atom is 0.410 e. The molecule has 0 saturated heterocycles. The lowest BCUT2D eigenvalue weighted by atomic mass is 9.96. The minimum Gasteiger partial charge on any atom is -0.495 e. The summed E-state index contributed by atoms with van der Waals surface area (Å²) in [6, 6.07) is 10.8. The molecule has 4 rings (SSSR count). The maximum atomic E-state index is 13.8. The predicted molar refractivity (Wildman–Crippen MR) is 115 cm³/mol. The minimum absolute atomic E-state index is 0.127. The fourth-order valence-corrected chi connectivity index (χ4v) is 3.90. The summed E-state index contributed by atoms with van der Waals surface area (Å²) in [5, 5.41) is 9.92. The van der Waals surface area contributed by atoms with Gasteiger partial charge in [-0.05, 0) is 30.7 Å². The molecule has 2 unspecified atom stereocenters. The molecule has 0 radical (unpaired) electrons. The van der Waals surface area contributed by atoms with E-state index < -0.39 is 24.2 Å². The predicted octanol–water partition coefficient (Wildman–Crippen LogP) is 5.77. The van der Waals surface area contributed by atoms with Crippen molar-refractivity contribution in [1.82, 2.24) is 9.78 Å². The van der Waals surface area contributed by atoms with Gasteiger partial charge in [-0.1, -0.05) is 41.4 Å². The van der Waals surface area contributed by atoms with E-state index in [0.717, 1.165) is 15.8 Å². The van der Waals surface area contributed by atoms with Crippen molar-refractivity contribution in [3.63, 3.8) is 0 Å². The molecule has 0 spiro atoms. The molecule has 2 atom stereocenters. The van der Waals surface area contributed by atoms with Crippen LogP contribution in [0, 0.1) is 6.92 Å². The van der Waals surface area contributed by atoms with Gasteiger partial charge in [-0.3, -0.25) is 4.79 Å². The molecular formula is C22H20ClF3N4O2. The number of nitrogens with zero attached hydrogens (tertiary/aromatic N) is 2. The molecule has 2 heterocycles. The second-order valence-corrected chi connectivity index (χ2v) is 7.97. The van der Waals surface area contributed by atoms with Crippen LogP contribution >= 0.6 is 11.6 Å². The van der Waals surface area contributed by atoms with Gasteiger partial charge in [0, 0.05) is 18.2 Å². The highest BCUT2D eigenvalue weighted by molar-refractivity contribution is 6.32. The summed E-state index contributed by atoms with van der Waals surface area (Å²) in [6.45, 7) is 1.91. The molecule has 168 valence electrons. The first-order valence-electron chi connectivity index (χ1n) is 9.80. The molecule has 10 heteroatoms. The monoisotopic (exact) mass is 464 g/mol. The number of amides is 1. The average molecular weight is 465 g/mol. The van der Waals surface area contributed by atoms with Gasteiger partial charge in [0.1, 0.15) is 11.6 Å². The van der Waals surface area contributed by atoms with Crippen LogP contribution in [0.4, 0.5) is 24.7 Å². The van der Waals surface area contributed by atoms with Crippen molar-refractivity contribution >= 4 is 29.0 Å². The molecule has 1 aliphatic heterocycles. The lowest BCUT2D eigenvalue weighted by Gasteiger charge is -2.33. The number of fused-ring (bicyclic) bond motifs is 1. The summed E-state index contributed by atoms with van der Waals surface area (Å²) in [4.78, 5) is 12.7. The van der Waals surface area contributed by atoms with Crippen molar-refractivity contribution in [2.24, 2.45) is 0 Å². The Labute approximate surface area is 187 Å². The third kappa shape index (κ3) is 4.38. The standard InChI is InChI=1S/C22H20ClF3N4O2/c1-12-3-5-13(6-4-12)16-10-19(22(24,25)26)30-20(28-16)11-17(29-30)21(31)27-14-7-8-18(32-2)15(23)9-14/h3-9,11,16,19,28H,10H2,1-2H3,(H,27,31). The SMILES string of the molecule is COc1ccc(NC(=O)c2cc3n(n2)C(C(F)(F)F)CC(c2ccc(C)cc2)N3)cc1Cl. The molecule has 1 amide bonds. The van der Waals surface area contributed by atoms with Crippen molar-refractivity contribution in [1.29, 1.82) is 0 Å². The quantitative estimate of drug-likeness (QED) is 0.514. The maximum absolute atomic E-state index is 13.8. The number of ether oxygens (including phenoxy) is 1. The Kier molecular flexibility index (Phi) is 5.77. The molecule has 0 bridgehead atoms. The largest absolute Gasteiger partial charge is 0.495 e. The number of rotatable bonds is 4. The van der Waals surface area contributed by atoms with Gasteiger partial charge in [-0.25, -0.2) is 4.68 Å². The number of carbonyl (C=O) groups excluding carboxylic acids is 1. The average Bonchev–Trinajstić information content (AvgIpc) is 3.17. The number of hydrogen-bond donors (Lipinski definition) is 2. The van der Waals surface area contributed by atoms with Crippen LogP contribution in [0.5, 0.6) is 5.75 Å². The van der Waals surface area contributed by atoms with Crippen molar-refractivity contribution in [2.45, 2.75) is 31.6 Å². The van der Waals surface area contributed by atoms with Gasteiger partial charge in [0.15, 0.2) is 11.7 Å². The highest BCUT2D eigenvalue weighted by atomic mass is 35.5. The van der Waals surface area contributed by atoms with Crippen LogP contribution in [0.3, 0.4) is 0 Å². The van der Waals surface area contributed by atoms with Gasteiger partial charge in [-0.15, -0.1) is 0 Å². The summed E-state index contributed by atoms with van der Waals surface area (Å²) in [5.74, 6) is -0.0914. The van der Waals surface area contributed by atoms with E-state index in [0.29, 0.717) is 11.4 Å². The second-order valence-electron chi connectivity index (χ2n) is 7.56. The highest BCUT2D eigenvalue weighted by Gasteiger charge is 2.46. The van der Waals surface area contributed by atoms with E-state index in [1.165, 1.54) is 19.2 Å². The molecule has 2 aromatic carbocycles. The van der Waals surface area contributed by atoms with E-state index in [1.54, 1.807) is 24.3 Å². The number of hydrogen-bond acceptors (Lipinski definition) is 4. The summed E-state index contributed by atoms with van der Waals surface area (Å²) in [6.07, 6.45) is -4.76.